The highest BCUT2D eigenvalue weighted by Crippen LogP contribution is 2.12. The molecule has 0 saturated carbocycles. The zero-order valence-electron chi connectivity index (χ0n) is 5.07. The van der Waals surface area contributed by atoms with Gasteiger partial charge in [-0.1, -0.05) is 11.6 Å². The SMILES string of the molecule is Clc1ccc(NNBr)cc1. The first-order valence-corrected chi connectivity index (χ1v) is 3.87. The van der Waals surface area contributed by atoms with Gasteiger partial charge < -0.3 is 5.43 Å². The predicted octanol–water partition coefficient (Wildman–Crippen LogP) is 2.57. The Balaban J connectivity index is 2.69. The van der Waals surface area contributed by atoms with Gasteiger partial charge in [-0.25, -0.2) is 0 Å². The summed E-state index contributed by atoms with van der Waals surface area (Å²) in [7, 11) is 0. The van der Waals surface area contributed by atoms with E-state index >= 15 is 0 Å². The zero-order valence-corrected chi connectivity index (χ0v) is 7.41. The number of hydrogen-bond acceptors (Lipinski definition) is 2. The summed E-state index contributed by atoms with van der Waals surface area (Å²) in [5.74, 6) is 0. The smallest absolute Gasteiger partial charge is 0.0497 e. The Bertz CT molecular complexity index is 199. The molecule has 0 bridgehead atoms. The van der Waals surface area contributed by atoms with Crippen LogP contribution in [0, 0.1) is 0 Å². The van der Waals surface area contributed by atoms with Crippen LogP contribution < -0.4 is 9.88 Å². The van der Waals surface area contributed by atoms with Gasteiger partial charge in [0.25, 0.3) is 0 Å². The highest BCUT2D eigenvalue weighted by molar-refractivity contribution is 9.08. The second kappa shape index (κ2) is 3.81. The van der Waals surface area contributed by atoms with Gasteiger partial charge in [0.1, 0.15) is 0 Å². The molecule has 0 radical (unpaired) electrons. The van der Waals surface area contributed by atoms with Crippen LogP contribution in [0.5, 0.6) is 0 Å². The van der Waals surface area contributed by atoms with Crippen molar-refractivity contribution in [1.29, 1.82) is 0 Å². The summed E-state index contributed by atoms with van der Waals surface area (Å²) in [5.41, 5.74) is 3.80. The van der Waals surface area contributed by atoms with Crippen molar-refractivity contribution in [3.8, 4) is 0 Å². The molecule has 2 nitrogen and oxygen atoms in total. The first-order chi connectivity index (χ1) is 4.83. The van der Waals surface area contributed by atoms with E-state index in [1.165, 1.54) is 0 Å². The van der Waals surface area contributed by atoms with Gasteiger partial charge in [-0.05, 0) is 24.3 Å². The number of halogens is 2. The Labute approximate surface area is 72.9 Å². The molecule has 0 unspecified atom stereocenters. The van der Waals surface area contributed by atoms with E-state index in [9.17, 15) is 0 Å². The molecule has 1 rings (SSSR count). The van der Waals surface area contributed by atoms with Crippen molar-refractivity contribution >= 4 is 33.4 Å². The fourth-order valence-electron chi connectivity index (χ4n) is 0.588. The van der Waals surface area contributed by atoms with Gasteiger partial charge in [-0.15, -0.1) is 0 Å². The summed E-state index contributed by atoms with van der Waals surface area (Å²) < 4.78 is 2.62. The van der Waals surface area contributed by atoms with Crippen LogP contribution in [0.4, 0.5) is 5.69 Å². The Morgan fingerprint density at radius 3 is 2.30 bits per heavy atom. The molecule has 1 aromatic carbocycles. The van der Waals surface area contributed by atoms with Gasteiger partial charge in [-0.2, -0.15) is 4.45 Å². The second-order valence-electron chi connectivity index (χ2n) is 1.73. The van der Waals surface area contributed by atoms with Crippen LogP contribution in [0.2, 0.25) is 5.02 Å². The van der Waals surface area contributed by atoms with E-state index in [1.54, 1.807) is 0 Å². The molecule has 0 fully saturated rings. The minimum Gasteiger partial charge on any atom is -0.312 e. The maximum atomic E-state index is 5.65. The topological polar surface area (TPSA) is 24.1 Å². The van der Waals surface area contributed by atoms with E-state index in [1.807, 2.05) is 24.3 Å². The summed E-state index contributed by atoms with van der Waals surface area (Å²) in [5, 5.41) is 0.736. The molecule has 0 aliphatic carbocycles. The van der Waals surface area contributed by atoms with Gasteiger partial charge in [0.2, 0.25) is 0 Å². The number of benzene rings is 1. The Kier molecular flexibility index (Phi) is 2.99. The van der Waals surface area contributed by atoms with E-state index in [-0.39, 0.29) is 0 Å². The van der Waals surface area contributed by atoms with Crippen LogP contribution in [0.3, 0.4) is 0 Å². The van der Waals surface area contributed by atoms with Gasteiger partial charge >= 0.3 is 0 Å². The van der Waals surface area contributed by atoms with E-state index in [4.69, 9.17) is 11.6 Å². The minimum atomic E-state index is 0.736. The summed E-state index contributed by atoms with van der Waals surface area (Å²) in [4.78, 5) is 0. The highest BCUT2D eigenvalue weighted by atomic mass is 79.9. The van der Waals surface area contributed by atoms with E-state index in [2.05, 4.69) is 26.0 Å². The fraction of sp³-hybridized carbons (Fsp3) is 0. The van der Waals surface area contributed by atoms with Gasteiger partial charge in [0, 0.05) is 26.9 Å². The van der Waals surface area contributed by atoms with Gasteiger partial charge in [0.15, 0.2) is 0 Å². The van der Waals surface area contributed by atoms with Crippen LogP contribution in [0.15, 0.2) is 24.3 Å². The first kappa shape index (κ1) is 7.85. The third kappa shape index (κ3) is 2.17. The minimum absolute atomic E-state index is 0.736. The van der Waals surface area contributed by atoms with Crippen molar-refractivity contribution in [2.24, 2.45) is 0 Å². The van der Waals surface area contributed by atoms with Crippen LogP contribution in [0.25, 0.3) is 0 Å². The molecule has 0 amide bonds. The van der Waals surface area contributed by atoms with Crippen molar-refractivity contribution in [3.63, 3.8) is 0 Å². The molecular formula is C6H6BrClN2. The maximum Gasteiger partial charge on any atom is 0.0497 e. The van der Waals surface area contributed by atoms with Crippen LogP contribution >= 0.6 is 27.7 Å². The van der Waals surface area contributed by atoms with Crippen molar-refractivity contribution in [2.45, 2.75) is 0 Å². The second-order valence-corrected chi connectivity index (χ2v) is 2.56. The number of hydrazine groups is 1. The standard InChI is InChI=1S/C6H6BrClN2/c7-10-9-6-3-1-5(8)2-4-6/h1-4,9-10H. The number of anilines is 1. The van der Waals surface area contributed by atoms with E-state index < -0.39 is 0 Å². The zero-order chi connectivity index (χ0) is 7.40. The molecule has 0 saturated heterocycles. The number of rotatable bonds is 2. The monoisotopic (exact) mass is 220 g/mol. The molecule has 0 atom stereocenters. The van der Waals surface area contributed by atoms with Crippen molar-refractivity contribution < 1.29 is 0 Å². The maximum absolute atomic E-state index is 5.65. The van der Waals surface area contributed by atoms with Crippen LogP contribution in [-0.2, 0) is 0 Å². The number of nitrogens with one attached hydrogen (secondary N) is 2. The average molecular weight is 221 g/mol. The van der Waals surface area contributed by atoms with Crippen molar-refractivity contribution in [3.05, 3.63) is 29.3 Å². The molecule has 0 spiro atoms. The highest BCUT2D eigenvalue weighted by Gasteiger charge is 1.87. The lowest BCUT2D eigenvalue weighted by Gasteiger charge is -2.00. The number of hydrogen-bond donors (Lipinski definition) is 2. The summed E-state index contributed by atoms with van der Waals surface area (Å²) >= 11 is 8.66. The molecule has 2 N–H and O–H groups in total. The Morgan fingerprint density at radius 2 is 1.80 bits per heavy atom. The molecule has 4 heteroatoms. The summed E-state index contributed by atoms with van der Waals surface area (Å²) in [6, 6.07) is 7.37. The lowest BCUT2D eigenvalue weighted by atomic mass is 10.3. The largest absolute Gasteiger partial charge is 0.312 e. The third-order valence-corrected chi connectivity index (χ3v) is 1.49. The van der Waals surface area contributed by atoms with Crippen LogP contribution in [0.1, 0.15) is 0 Å². The molecule has 1 aromatic rings. The van der Waals surface area contributed by atoms with E-state index in [0.717, 1.165) is 10.7 Å². The molecule has 0 aromatic heterocycles. The lowest BCUT2D eigenvalue weighted by Crippen LogP contribution is -2.07. The lowest BCUT2D eigenvalue weighted by molar-refractivity contribution is 1.25. The first-order valence-electron chi connectivity index (χ1n) is 2.70. The fourth-order valence-corrected chi connectivity index (χ4v) is 0.943. The summed E-state index contributed by atoms with van der Waals surface area (Å²) in [6.07, 6.45) is 0. The Hall–Kier alpha value is -0.250. The van der Waals surface area contributed by atoms with Crippen LogP contribution in [-0.4, -0.2) is 0 Å². The molecule has 0 aliphatic heterocycles. The molecule has 54 valence electrons. The Morgan fingerprint density at radius 1 is 1.20 bits per heavy atom. The quantitative estimate of drug-likeness (QED) is 0.592. The van der Waals surface area contributed by atoms with Gasteiger partial charge in [0.05, 0.1) is 0 Å². The molecule has 10 heavy (non-hydrogen) atoms. The third-order valence-electron chi connectivity index (χ3n) is 1.04. The molecule has 0 heterocycles. The van der Waals surface area contributed by atoms with E-state index in [0.29, 0.717) is 0 Å². The predicted molar refractivity (Wildman–Crippen MR) is 47.1 cm³/mol. The normalized spacial score (nSPS) is 9.40. The summed E-state index contributed by atoms with van der Waals surface area (Å²) in [6.45, 7) is 0. The molecule has 0 aliphatic rings. The van der Waals surface area contributed by atoms with Gasteiger partial charge in [-0.3, -0.25) is 0 Å². The average Bonchev–Trinajstić information content (AvgIpc) is 1.95. The van der Waals surface area contributed by atoms with Crippen molar-refractivity contribution in [2.75, 3.05) is 5.43 Å². The molecular weight excluding hydrogens is 215 g/mol. The van der Waals surface area contributed by atoms with Crippen molar-refractivity contribution in [1.82, 2.24) is 4.45 Å².